The van der Waals surface area contributed by atoms with Crippen LogP contribution in [0, 0.1) is 5.92 Å². The van der Waals surface area contributed by atoms with Crippen molar-refractivity contribution >= 4 is 5.91 Å². The van der Waals surface area contributed by atoms with Crippen LogP contribution < -0.4 is 0 Å². The molecule has 1 aliphatic heterocycles. The average molecular weight is 345 g/mol. The number of ether oxygens (including phenoxy) is 1. The first kappa shape index (κ1) is 18.4. The number of amides is 1. The molecule has 4 heteroatoms. The van der Waals surface area contributed by atoms with Crippen LogP contribution in [0.2, 0.25) is 0 Å². The van der Waals surface area contributed by atoms with Crippen molar-refractivity contribution in [3.63, 3.8) is 0 Å². The summed E-state index contributed by atoms with van der Waals surface area (Å²) in [4.78, 5) is 15.0. The van der Waals surface area contributed by atoms with E-state index >= 15 is 0 Å². The summed E-state index contributed by atoms with van der Waals surface area (Å²) in [5.41, 5.74) is 0.360. The first-order valence-electron chi connectivity index (χ1n) is 9.76. The van der Waals surface area contributed by atoms with Crippen molar-refractivity contribution in [2.45, 2.75) is 63.5 Å². The third-order valence-electron chi connectivity index (χ3n) is 5.65. The molecule has 0 atom stereocenters. The number of hydrogen-bond donors (Lipinski definition) is 1. The maximum atomic E-state index is 13.0. The van der Waals surface area contributed by atoms with E-state index in [4.69, 9.17) is 4.74 Å². The van der Waals surface area contributed by atoms with E-state index in [1.54, 1.807) is 0 Å². The second-order valence-corrected chi connectivity index (χ2v) is 7.78. The van der Waals surface area contributed by atoms with Crippen molar-refractivity contribution in [1.82, 2.24) is 4.90 Å². The van der Waals surface area contributed by atoms with Crippen LogP contribution in [0.3, 0.4) is 0 Å². The molecular weight excluding hydrogens is 314 g/mol. The van der Waals surface area contributed by atoms with E-state index in [-0.39, 0.29) is 12.3 Å². The lowest BCUT2D eigenvalue weighted by molar-refractivity contribution is -0.139. The Morgan fingerprint density at radius 1 is 1.12 bits per heavy atom. The molecule has 1 amide bonds. The molecule has 1 aromatic rings. The van der Waals surface area contributed by atoms with Crippen LogP contribution in [0.4, 0.5) is 0 Å². The predicted molar refractivity (Wildman–Crippen MR) is 98.1 cm³/mol. The predicted octanol–water partition coefficient (Wildman–Crippen LogP) is 3.53. The van der Waals surface area contributed by atoms with Crippen molar-refractivity contribution in [3.05, 3.63) is 35.9 Å². The largest absolute Gasteiger partial charge is 0.389 e. The van der Waals surface area contributed by atoms with Crippen LogP contribution in [0.15, 0.2) is 30.3 Å². The summed E-state index contributed by atoms with van der Waals surface area (Å²) >= 11 is 0. The van der Waals surface area contributed by atoms with Gasteiger partial charge in [0.1, 0.15) is 0 Å². The average Bonchev–Trinajstić information content (AvgIpc) is 2.63. The molecule has 1 aliphatic carbocycles. The normalized spacial score (nSPS) is 21.0. The monoisotopic (exact) mass is 345 g/mol. The Morgan fingerprint density at radius 3 is 2.48 bits per heavy atom. The molecule has 0 unspecified atom stereocenters. The molecule has 0 aromatic heterocycles. The molecule has 4 nitrogen and oxygen atoms in total. The van der Waals surface area contributed by atoms with Crippen LogP contribution in [0.5, 0.6) is 0 Å². The minimum Gasteiger partial charge on any atom is -0.389 e. The third kappa shape index (κ3) is 5.55. The van der Waals surface area contributed by atoms with Crippen molar-refractivity contribution in [1.29, 1.82) is 0 Å². The van der Waals surface area contributed by atoms with Gasteiger partial charge in [-0.25, -0.2) is 0 Å². The number of benzene rings is 1. The Labute approximate surface area is 151 Å². The lowest BCUT2D eigenvalue weighted by Gasteiger charge is -2.35. The Kier molecular flexibility index (Phi) is 6.49. The van der Waals surface area contributed by atoms with Gasteiger partial charge in [0.15, 0.2) is 0 Å². The van der Waals surface area contributed by atoms with Gasteiger partial charge in [-0.2, -0.15) is 0 Å². The van der Waals surface area contributed by atoms with E-state index < -0.39 is 5.60 Å². The number of rotatable bonds is 6. The first-order chi connectivity index (χ1) is 12.1. The van der Waals surface area contributed by atoms with Crippen molar-refractivity contribution in [2.24, 2.45) is 5.92 Å². The molecule has 0 spiro atoms. The molecule has 0 bridgehead atoms. The summed E-state index contributed by atoms with van der Waals surface area (Å²) in [6, 6.07) is 10.2. The molecular formula is C21H31NO3. The molecule has 1 aromatic carbocycles. The molecule has 1 saturated carbocycles. The van der Waals surface area contributed by atoms with Gasteiger partial charge in [-0.05, 0) is 37.2 Å². The highest BCUT2D eigenvalue weighted by molar-refractivity contribution is 5.77. The molecule has 1 heterocycles. The zero-order valence-corrected chi connectivity index (χ0v) is 15.2. The Hall–Kier alpha value is -1.39. The fourth-order valence-electron chi connectivity index (χ4n) is 4.08. The van der Waals surface area contributed by atoms with Crippen molar-refractivity contribution in [3.8, 4) is 0 Å². The molecule has 3 rings (SSSR count). The van der Waals surface area contributed by atoms with Gasteiger partial charge in [0.25, 0.3) is 0 Å². The number of carbonyl (C=O) groups excluding carboxylic acids is 1. The summed E-state index contributed by atoms with van der Waals surface area (Å²) in [6.45, 7) is 2.99. The smallest absolute Gasteiger partial charge is 0.225 e. The number of nitrogens with zero attached hydrogens (tertiary/aromatic N) is 1. The van der Waals surface area contributed by atoms with E-state index in [9.17, 15) is 9.90 Å². The second kappa shape index (κ2) is 8.81. The van der Waals surface area contributed by atoms with Crippen molar-refractivity contribution in [2.75, 3.05) is 19.8 Å². The van der Waals surface area contributed by atoms with Crippen LogP contribution in [0.1, 0.15) is 56.9 Å². The van der Waals surface area contributed by atoms with Gasteiger partial charge in [-0.15, -0.1) is 0 Å². The Balaban J connectivity index is 1.66. The highest BCUT2D eigenvalue weighted by Crippen LogP contribution is 2.32. The standard InChI is InChI=1S/C21H31NO3/c23-20(15-21(24)11-5-2-6-12-21)22(16-18-7-3-1-4-8-18)17-19-9-13-25-14-10-19/h1,3-4,7-8,19,24H,2,5-6,9-17H2. The van der Waals surface area contributed by atoms with Crippen LogP contribution in [0.25, 0.3) is 0 Å². The van der Waals surface area contributed by atoms with E-state index in [0.717, 1.165) is 63.8 Å². The summed E-state index contributed by atoms with van der Waals surface area (Å²) < 4.78 is 5.45. The molecule has 0 radical (unpaired) electrons. The number of carbonyl (C=O) groups is 1. The molecule has 2 fully saturated rings. The van der Waals surface area contributed by atoms with Gasteiger partial charge in [-0.3, -0.25) is 4.79 Å². The maximum absolute atomic E-state index is 13.0. The fourth-order valence-corrected chi connectivity index (χ4v) is 4.08. The van der Waals surface area contributed by atoms with E-state index in [1.165, 1.54) is 6.42 Å². The lowest BCUT2D eigenvalue weighted by atomic mass is 9.82. The van der Waals surface area contributed by atoms with Gasteiger partial charge in [0.2, 0.25) is 5.91 Å². The van der Waals surface area contributed by atoms with E-state index in [2.05, 4.69) is 12.1 Å². The summed E-state index contributed by atoms with van der Waals surface area (Å²) in [5, 5.41) is 10.8. The third-order valence-corrected chi connectivity index (χ3v) is 5.65. The summed E-state index contributed by atoms with van der Waals surface area (Å²) in [6.07, 6.45) is 7.05. The van der Waals surface area contributed by atoms with Gasteiger partial charge in [-0.1, -0.05) is 49.6 Å². The second-order valence-electron chi connectivity index (χ2n) is 7.78. The van der Waals surface area contributed by atoms with Crippen LogP contribution >= 0.6 is 0 Å². The van der Waals surface area contributed by atoms with Crippen molar-refractivity contribution < 1.29 is 14.6 Å². The molecule has 138 valence electrons. The Bertz CT molecular complexity index is 533. The maximum Gasteiger partial charge on any atom is 0.225 e. The zero-order chi connectivity index (χ0) is 17.5. The lowest BCUT2D eigenvalue weighted by Crippen LogP contribution is -2.42. The van der Waals surface area contributed by atoms with Gasteiger partial charge in [0, 0.05) is 26.3 Å². The number of aliphatic hydroxyl groups is 1. The Morgan fingerprint density at radius 2 is 1.80 bits per heavy atom. The highest BCUT2D eigenvalue weighted by atomic mass is 16.5. The van der Waals surface area contributed by atoms with Gasteiger partial charge >= 0.3 is 0 Å². The minimum atomic E-state index is -0.792. The SMILES string of the molecule is O=C(CC1(O)CCCCC1)N(Cc1ccccc1)CC1CCOCC1. The zero-order valence-electron chi connectivity index (χ0n) is 15.2. The minimum absolute atomic E-state index is 0.0970. The molecule has 1 N–H and O–H groups in total. The van der Waals surface area contributed by atoms with E-state index in [1.807, 2.05) is 23.1 Å². The fraction of sp³-hybridized carbons (Fsp3) is 0.667. The first-order valence-corrected chi connectivity index (χ1v) is 9.76. The molecule has 25 heavy (non-hydrogen) atoms. The van der Waals surface area contributed by atoms with E-state index in [0.29, 0.717) is 12.5 Å². The number of hydrogen-bond acceptors (Lipinski definition) is 3. The van der Waals surface area contributed by atoms with Gasteiger partial charge in [0.05, 0.1) is 12.0 Å². The highest BCUT2D eigenvalue weighted by Gasteiger charge is 2.34. The topological polar surface area (TPSA) is 49.8 Å². The van der Waals surface area contributed by atoms with Gasteiger partial charge < -0.3 is 14.7 Å². The summed E-state index contributed by atoms with van der Waals surface area (Å²) in [5.74, 6) is 0.599. The van der Waals surface area contributed by atoms with Crippen LogP contribution in [-0.2, 0) is 16.1 Å². The summed E-state index contributed by atoms with van der Waals surface area (Å²) in [7, 11) is 0. The molecule has 2 aliphatic rings. The quantitative estimate of drug-likeness (QED) is 0.858. The van der Waals surface area contributed by atoms with Crippen LogP contribution in [-0.4, -0.2) is 41.3 Å². The molecule has 1 saturated heterocycles.